The number of hydrogen-bond donors (Lipinski definition) is 0. The van der Waals surface area contributed by atoms with Gasteiger partial charge in [-0.05, 0) is 0 Å². The van der Waals surface area contributed by atoms with Crippen LogP contribution in [0.4, 0.5) is 0 Å². The molecule has 0 aromatic carbocycles. The summed E-state index contributed by atoms with van der Waals surface area (Å²) in [5.74, 6) is 0. The van der Waals surface area contributed by atoms with E-state index in [-0.39, 0.29) is 39.4 Å². The van der Waals surface area contributed by atoms with Crippen LogP contribution in [-0.2, 0) is 26.2 Å². The van der Waals surface area contributed by atoms with E-state index >= 15 is 0 Å². The topological polar surface area (TPSA) is 46.1 Å². The van der Waals surface area contributed by atoms with Gasteiger partial charge in [0.05, 0.1) is 0 Å². The normalized spacial score (nSPS) is 12.5. The quantitative estimate of drug-likeness (QED) is 0.634. The molecule has 0 atom stereocenters. The molecule has 0 unspecified atom stereocenters. The van der Waals surface area contributed by atoms with Crippen molar-refractivity contribution in [2.75, 3.05) is 13.2 Å². The molecule has 3 heteroatoms. The summed E-state index contributed by atoms with van der Waals surface area (Å²) < 4.78 is 0. The largest absolute Gasteiger partial charge is 4.00 e. The molecule has 0 aromatic rings. The van der Waals surface area contributed by atoms with Gasteiger partial charge in [-0.15, -0.1) is 26.1 Å². The van der Waals surface area contributed by atoms with Crippen molar-refractivity contribution < 1.29 is 36.4 Å². The second-order valence-corrected chi connectivity index (χ2v) is 2.58. The Hall–Kier alpha value is -0.237. The van der Waals surface area contributed by atoms with Gasteiger partial charge in [0.1, 0.15) is 0 Å². The van der Waals surface area contributed by atoms with E-state index in [1.165, 1.54) is 0 Å². The van der Waals surface area contributed by atoms with Gasteiger partial charge in [0.2, 0.25) is 0 Å². The Labute approximate surface area is 125 Å². The van der Waals surface area contributed by atoms with Gasteiger partial charge in [-0.3, -0.25) is 12.2 Å². The summed E-state index contributed by atoms with van der Waals surface area (Å²) in [4.78, 5) is 0. The van der Waals surface area contributed by atoms with Crippen molar-refractivity contribution in [2.45, 2.75) is 26.7 Å². The van der Waals surface area contributed by atoms with Gasteiger partial charge in [0, 0.05) is 0 Å². The van der Waals surface area contributed by atoms with Crippen LogP contribution in [0, 0.1) is 12.2 Å². The van der Waals surface area contributed by atoms with Crippen molar-refractivity contribution in [1.82, 2.24) is 0 Å². The molecule has 0 N–H and O–H groups in total. The molecule has 0 bridgehead atoms. The molecule has 0 saturated heterocycles. The first kappa shape index (κ1) is 22.0. The molecule has 0 spiro atoms. The fourth-order valence-corrected chi connectivity index (χ4v) is 0.680. The van der Waals surface area contributed by atoms with Gasteiger partial charge >= 0.3 is 26.2 Å². The molecule has 2 aliphatic carbocycles. The summed E-state index contributed by atoms with van der Waals surface area (Å²) in [6.07, 6.45) is 20.0. The van der Waals surface area contributed by atoms with Gasteiger partial charge in [-0.1, -0.05) is 13.8 Å². The fraction of sp³-hybridized carbons (Fsp3) is 0.429. The zero-order chi connectivity index (χ0) is 12.5. The zero-order valence-corrected chi connectivity index (χ0v) is 13.1. The van der Waals surface area contributed by atoms with E-state index in [1.54, 1.807) is 13.8 Å². The molecule has 17 heavy (non-hydrogen) atoms. The van der Waals surface area contributed by atoms with Crippen LogP contribution < -0.4 is 10.2 Å². The Morgan fingerprint density at radius 1 is 0.882 bits per heavy atom. The van der Waals surface area contributed by atoms with E-state index in [9.17, 15) is 0 Å². The molecule has 0 fully saturated rings. The average molecular weight is 312 g/mol. The fourth-order valence-electron chi connectivity index (χ4n) is 0.680. The number of allylic oxidation sites excluding steroid dienone is 8. The van der Waals surface area contributed by atoms with Gasteiger partial charge in [0.25, 0.3) is 0 Å². The Balaban J connectivity index is -0.000000157. The minimum Gasteiger partial charge on any atom is -0.855 e. The van der Waals surface area contributed by atoms with E-state index in [4.69, 9.17) is 10.2 Å². The maximum atomic E-state index is 8.93. The SMILES string of the molecule is CC[O-].CC[O-].[C-]1=CC=CC1.[C-]1=CC=CC1.[Zr+4]. The van der Waals surface area contributed by atoms with Gasteiger partial charge < -0.3 is 10.2 Å². The molecule has 0 heterocycles. The van der Waals surface area contributed by atoms with E-state index in [0.717, 1.165) is 12.8 Å². The third-order valence-electron chi connectivity index (χ3n) is 1.17. The van der Waals surface area contributed by atoms with Crippen molar-refractivity contribution in [2.24, 2.45) is 0 Å². The Morgan fingerprint density at radius 3 is 1.24 bits per heavy atom. The summed E-state index contributed by atoms with van der Waals surface area (Å²) in [5, 5.41) is 17.9. The van der Waals surface area contributed by atoms with Crippen molar-refractivity contribution in [3.63, 3.8) is 0 Å². The van der Waals surface area contributed by atoms with Crippen LogP contribution in [0.15, 0.2) is 36.5 Å². The molecule has 0 saturated carbocycles. The van der Waals surface area contributed by atoms with Crippen LogP contribution >= 0.6 is 0 Å². The number of rotatable bonds is 0. The summed E-state index contributed by atoms with van der Waals surface area (Å²) in [5.41, 5.74) is 0. The van der Waals surface area contributed by atoms with Crippen molar-refractivity contribution in [3.05, 3.63) is 48.6 Å². The van der Waals surface area contributed by atoms with Gasteiger partial charge in [-0.2, -0.15) is 12.2 Å². The first-order chi connectivity index (χ1) is 7.83. The standard InChI is InChI=1S/2C5H5.2C2H5O.Zr/c2*1-2-4-5-3-1;2*1-2-3;/h2*1-3H,4H2;2*2H2,1H3;/q4*-1;+4. The predicted octanol–water partition coefficient (Wildman–Crippen LogP) is 1.34. The van der Waals surface area contributed by atoms with Crippen LogP contribution in [-0.4, -0.2) is 13.2 Å². The third-order valence-corrected chi connectivity index (χ3v) is 1.17. The summed E-state index contributed by atoms with van der Waals surface area (Å²) in [7, 11) is 0. The van der Waals surface area contributed by atoms with Crippen molar-refractivity contribution in [1.29, 1.82) is 0 Å². The minimum absolute atomic E-state index is 0. The Kier molecular flexibility index (Phi) is 32.1. The van der Waals surface area contributed by atoms with E-state index in [2.05, 4.69) is 24.3 Å². The van der Waals surface area contributed by atoms with Crippen LogP contribution in [0.2, 0.25) is 0 Å². The summed E-state index contributed by atoms with van der Waals surface area (Å²) in [6, 6.07) is 0. The maximum Gasteiger partial charge on any atom is 4.00 e. The van der Waals surface area contributed by atoms with Gasteiger partial charge in [-0.25, -0.2) is 24.3 Å². The molecular formula is C14H20O2Zr. The molecule has 2 aliphatic rings. The molecule has 92 valence electrons. The van der Waals surface area contributed by atoms with Gasteiger partial charge in [0.15, 0.2) is 0 Å². The number of hydrogen-bond acceptors (Lipinski definition) is 2. The molecule has 0 radical (unpaired) electrons. The smallest absolute Gasteiger partial charge is 0.855 e. The zero-order valence-electron chi connectivity index (χ0n) is 10.6. The van der Waals surface area contributed by atoms with Crippen LogP contribution in [0.1, 0.15) is 26.7 Å². The molecule has 2 nitrogen and oxygen atoms in total. The third kappa shape index (κ3) is 31.3. The van der Waals surface area contributed by atoms with E-state index in [1.807, 2.05) is 24.3 Å². The molecule has 0 amide bonds. The average Bonchev–Trinajstić information content (AvgIpc) is 3.00. The molecular weight excluding hydrogens is 291 g/mol. The summed E-state index contributed by atoms with van der Waals surface area (Å²) >= 11 is 0. The second kappa shape index (κ2) is 24.8. The van der Waals surface area contributed by atoms with Crippen LogP contribution in [0.3, 0.4) is 0 Å². The first-order valence-electron chi connectivity index (χ1n) is 5.43. The monoisotopic (exact) mass is 310 g/mol. The summed E-state index contributed by atoms with van der Waals surface area (Å²) in [6.45, 7) is 3.14. The van der Waals surface area contributed by atoms with Crippen LogP contribution in [0.25, 0.3) is 0 Å². The van der Waals surface area contributed by atoms with Crippen LogP contribution in [0.5, 0.6) is 0 Å². The van der Waals surface area contributed by atoms with E-state index in [0.29, 0.717) is 0 Å². The maximum absolute atomic E-state index is 8.93. The van der Waals surface area contributed by atoms with Crippen molar-refractivity contribution in [3.8, 4) is 0 Å². The molecule has 0 aliphatic heterocycles. The molecule has 2 rings (SSSR count). The second-order valence-electron chi connectivity index (χ2n) is 2.58. The molecule has 0 aromatic heterocycles. The minimum atomic E-state index is 0. The Bertz CT molecular complexity index is 174. The van der Waals surface area contributed by atoms with E-state index < -0.39 is 0 Å². The van der Waals surface area contributed by atoms with Crippen molar-refractivity contribution >= 4 is 0 Å². The first-order valence-corrected chi connectivity index (χ1v) is 5.43. The predicted molar refractivity (Wildman–Crippen MR) is 64.2 cm³/mol. The Morgan fingerprint density at radius 2 is 1.18 bits per heavy atom.